The van der Waals surface area contributed by atoms with Gasteiger partial charge in [0.05, 0.1) is 36.6 Å². The highest BCUT2D eigenvalue weighted by Gasteiger charge is 2.32. The second-order valence-electron chi connectivity index (χ2n) is 5.40. The van der Waals surface area contributed by atoms with Crippen LogP contribution in [0.15, 0.2) is 18.2 Å². The van der Waals surface area contributed by atoms with Crippen LogP contribution in [-0.2, 0) is 4.74 Å². The Bertz CT molecular complexity index is 534. The lowest BCUT2D eigenvalue weighted by Gasteiger charge is -2.38. The van der Waals surface area contributed by atoms with Gasteiger partial charge in [-0.1, -0.05) is 6.07 Å². The maximum absolute atomic E-state index is 12.8. The van der Waals surface area contributed by atoms with Crippen molar-refractivity contribution in [2.24, 2.45) is 0 Å². The van der Waals surface area contributed by atoms with Gasteiger partial charge in [-0.2, -0.15) is 0 Å². The molecule has 1 aromatic carbocycles. The summed E-state index contributed by atoms with van der Waals surface area (Å²) >= 11 is 0. The lowest BCUT2D eigenvalue weighted by Crippen LogP contribution is -2.52. The molecular weight excluding hydrogens is 272 g/mol. The number of fused-ring (bicyclic) bond motifs is 1. The van der Waals surface area contributed by atoms with Crippen LogP contribution >= 0.6 is 0 Å². The Morgan fingerprint density at radius 1 is 1.52 bits per heavy atom. The maximum Gasteiger partial charge on any atom is 0.258 e. The van der Waals surface area contributed by atoms with Gasteiger partial charge in [0.2, 0.25) is 0 Å². The summed E-state index contributed by atoms with van der Waals surface area (Å²) < 4.78 is 11.1. The van der Waals surface area contributed by atoms with E-state index in [0.717, 1.165) is 12.2 Å². The number of hydrogen-bond donors (Lipinski definition) is 2. The summed E-state index contributed by atoms with van der Waals surface area (Å²) in [5.74, 6) is 0.540. The first-order valence-corrected chi connectivity index (χ1v) is 7.24. The van der Waals surface area contributed by atoms with Crippen LogP contribution in [0.4, 0.5) is 5.69 Å². The zero-order valence-electron chi connectivity index (χ0n) is 12.0. The van der Waals surface area contributed by atoms with Crippen molar-refractivity contribution < 1.29 is 19.4 Å². The molecule has 2 N–H and O–H groups in total. The highest BCUT2D eigenvalue weighted by molar-refractivity contribution is 5.99. The van der Waals surface area contributed by atoms with E-state index in [1.165, 1.54) is 0 Å². The lowest BCUT2D eigenvalue weighted by molar-refractivity contribution is -0.0668. The SMILES string of the molecule is CC1COC(CO)CN1C(=O)c1cccc2c1OCCN2. The molecule has 0 spiro atoms. The summed E-state index contributed by atoms with van der Waals surface area (Å²) in [4.78, 5) is 14.6. The number of carbonyl (C=O) groups excluding carboxylic acids is 1. The van der Waals surface area contributed by atoms with Crippen molar-refractivity contribution in [3.8, 4) is 5.75 Å². The molecule has 1 fully saturated rings. The lowest BCUT2D eigenvalue weighted by atomic mass is 10.1. The number of anilines is 1. The van der Waals surface area contributed by atoms with Gasteiger partial charge in [-0.3, -0.25) is 4.79 Å². The molecule has 0 radical (unpaired) electrons. The molecule has 2 aliphatic rings. The predicted molar refractivity (Wildman–Crippen MR) is 77.8 cm³/mol. The Morgan fingerprint density at radius 2 is 2.38 bits per heavy atom. The van der Waals surface area contributed by atoms with E-state index in [4.69, 9.17) is 9.47 Å². The van der Waals surface area contributed by atoms with E-state index in [2.05, 4.69) is 5.32 Å². The number of ether oxygens (including phenoxy) is 2. The molecule has 3 rings (SSSR count). The maximum atomic E-state index is 12.8. The Kier molecular flexibility index (Phi) is 3.98. The fraction of sp³-hybridized carbons (Fsp3) is 0.533. The van der Waals surface area contributed by atoms with Crippen LogP contribution in [0.5, 0.6) is 5.75 Å². The van der Waals surface area contributed by atoms with Crippen LogP contribution in [0.2, 0.25) is 0 Å². The van der Waals surface area contributed by atoms with Gasteiger partial charge in [-0.15, -0.1) is 0 Å². The third kappa shape index (κ3) is 2.69. The monoisotopic (exact) mass is 292 g/mol. The number of aliphatic hydroxyl groups excluding tert-OH is 1. The summed E-state index contributed by atoms with van der Waals surface area (Å²) in [6.07, 6.45) is -0.316. The smallest absolute Gasteiger partial charge is 0.258 e. The fourth-order valence-corrected chi connectivity index (χ4v) is 2.70. The highest BCUT2D eigenvalue weighted by Crippen LogP contribution is 2.32. The number of nitrogens with zero attached hydrogens (tertiary/aromatic N) is 1. The largest absolute Gasteiger partial charge is 0.489 e. The van der Waals surface area contributed by atoms with E-state index in [0.29, 0.717) is 31.1 Å². The molecule has 0 aliphatic carbocycles. The van der Waals surface area contributed by atoms with E-state index in [-0.39, 0.29) is 24.7 Å². The van der Waals surface area contributed by atoms with Gasteiger partial charge in [0.15, 0.2) is 5.75 Å². The highest BCUT2D eigenvalue weighted by atomic mass is 16.5. The molecule has 1 saturated heterocycles. The molecule has 114 valence electrons. The van der Waals surface area contributed by atoms with Crippen molar-refractivity contribution in [2.45, 2.75) is 19.1 Å². The van der Waals surface area contributed by atoms with Crippen LogP contribution in [0.25, 0.3) is 0 Å². The third-order valence-electron chi connectivity index (χ3n) is 3.88. The van der Waals surface area contributed by atoms with Crippen LogP contribution in [0.1, 0.15) is 17.3 Å². The summed E-state index contributed by atoms with van der Waals surface area (Å²) in [6.45, 7) is 3.99. The molecule has 1 amide bonds. The number of morpholine rings is 1. The van der Waals surface area contributed by atoms with Crippen molar-refractivity contribution in [3.63, 3.8) is 0 Å². The molecular formula is C15H20N2O4. The Morgan fingerprint density at radius 3 is 3.19 bits per heavy atom. The Balaban J connectivity index is 1.87. The minimum absolute atomic E-state index is 0.0206. The van der Waals surface area contributed by atoms with Gasteiger partial charge in [-0.05, 0) is 19.1 Å². The molecule has 2 heterocycles. The van der Waals surface area contributed by atoms with Gasteiger partial charge in [0.25, 0.3) is 5.91 Å². The van der Waals surface area contributed by atoms with Gasteiger partial charge in [-0.25, -0.2) is 0 Å². The molecule has 2 unspecified atom stereocenters. The number of rotatable bonds is 2. The zero-order valence-corrected chi connectivity index (χ0v) is 12.0. The van der Waals surface area contributed by atoms with Gasteiger partial charge in [0, 0.05) is 13.1 Å². The van der Waals surface area contributed by atoms with Crippen molar-refractivity contribution in [3.05, 3.63) is 23.8 Å². The quantitative estimate of drug-likeness (QED) is 0.840. The first kappa shape index (κ1) is 14.2. The minimum Gasteiger partial charge on any atom is -0.489 e. The number of hydrogen-bond acceptors (Lipinski definition) is 5. The van der Waals surface area contributed by atoms with E-state index < -0.39 is 0 Å². The molecule has 0 aromatic heterocycles. The van der Waals surface area contributed by atoms with E-state index in [1.54, 1.807) is 11.0 Å². The minimum atomic E-state index is -0.316. The predicted octanol–water partition coefficient (Wildman–Crippen LogP) is 0.713. The van der Waals surface area contributed by atoms with Crippen molar-refractivity contribution in [1.29, 1.82) is 0 Å². The number of nitrogens with one attached hydrogen (secondary N) is 1. The second-order valence-corrected chi connectivity index (χ2v) is 5.40. The topological polar surface area (TPSA) is 71.0 Å². The molecule has 0 bridgehead atoms. The van der Waals surface area contributed by atoms with Gasteiger partial charge >= 0.3 is 0 Å². The molecule has 0 saturated carbocycles. The Hall–Kier alpha value is -1.79. The number of para-hydroxylation sites is 1. The third-order valence-corrected chi connectivity index (χ3v) is 3.88. The number of aliphatic hydroxyl groups is 1. The van der Waals surface area contributed by atoms with Crippen molar-refractivity contribution in [2.75, 3.05) is 38.2 Å². The summed E-state index contributed by atoms with van der Waals surface area (Å²) in [6, 6.07) is 5.52. The molecule has 6 heteroatoms. The van der Waals surface area contributed by atoms with E-state index in [1.807, 2.05) is 19.1 Å². The van der Waals surface area contributed by atoms with Crippen molar-refractivity contribution in [1.82, 2.24) is 4.90 Å². The van der Waals surface area contributed by atoms with Gasteiger partial charge < -0.3 is 24.8 Å². The van der Waals surface area contributed by atoms with Crippen LogP contribution in [-0.4, -0.2) is 61.0 Å². The molecule has 2 aliphatic heterocycles. The first-order chi connectivity index (χ1) is 10.2. The van der Waals surface area contributed by atoms with Crippen LogP contribution in [0, 0.1) is 0 Å². The number of amides is 1. The summed E-state index contributed by atoms with van der Waals surface area (Å²) in [5, 5.41) is 12.5. The first-order valence-electron chi connectivity index (χ1n) is 7.24. The zero-order chi connectivity index (χ0) is 14.8. The van der Waals surface area contributed by atoms with E-state index >= 15 is 0 Å². The summed E-state index contributed by atoms with van der Waals surface area (Å²) in [5.41, 5.74) is 1.41. The average Bonchev–Trinajstić information content (AvgIpc) is 2.54. The second kappa shape index (κ2) is 5.91. The fourth-order valence-electron chi connectivity index (χ4n) is 2.70. The molecule has 6 nitrogen and oxygen atoms in total. The molecule has 1 aromatic rings. The van der Waals surface area contributed by atoms with Crippen LogP contribution < -0.4 is 10.1 Å². The summed E-state index contributed by atoms with van der Waals surface area (Å²) in [7, 11) is 0. The average molecular weight is 292 g/mol. The van der Waals surface area contributed by atoms with Gasteiger partial charge in [0.1, 0.15) is 6.61 Å². The number of carbonyl (C=O) groups is 1. The van der Waals surface area contributed by atoms with Crippen LogP contribution in [0.3, 0.4) is 0 Å². The van der Waals surface area contributed by atoms with Crippen molar-refractivity contribution >= 4 is 11.6 Å². The number of benzene rings is 1. The molecule has 2 atom stereocenters. The standard InChI is InChI=1S/C15H20N2O4/c1-10-9-21-11(8-18)7-17(10)15(19)12-3-2-4-13-14(12)20-6-5-16-13/h2-4,10-11,16,18H,5-9H2,1H3. The normalized spacial score (nSPS) is 24.8. The molecule has 21 heavy (non-hydrogen) atoms. The van der Waals surface area contributed by atoms with E-state index in [9.17, 15) is 9.90 Å². The Labute approximate surface area is 123 Å².